The number of rotatable bonds is 5. The van der Waals surface area contributed by atoms with Crippen LogP contribution in [0.15, 0.2) is 48.7 Å². The predicted octanol–water partition coefficient (Wildman–Crippen LogP) is 4.50. The number of fused-ring (bicyclic) bond motifs is 2. The van der Waals surface area contributed by atoms with Gasteiger partial charge in [-0.1, -0.05) is 24.3 Å². The predicted molar refractivity (Wildman–Crippen MR) is 131 cm³/mol. The highest BCUT2D eigenvalue weighted by Crippen LogP contribution is 2.45. The highest BCUT2D eigenvalue weighted by atomic mass is 19.1. The molecule has 2 aromatic rings. The lowest BCUT2D eigenvalue weighted by molar-refractivity contribution is 0.0758. The first-order chi connectivity index (χ1) is 17.0. The molecule has 3 fully saturated rings. The van der Waals surface area contributed by atoms with E-state index in [-0.39, 0.29) is 42.0 Å². The fourth-order valence-electron chi connectivity index (χ4n) is 6.06. The first-order valence-corrected chi connectivity index (χ1v) is 12.4. The van der Waals surface area contributed by atoms with Crippen LogP contribution in [0.25, 0.3) is 17.2 Å². The number of aromatic nitrogens is 1. The summed E-state index contributed by atoms with van der Waals surface area (Å²) in [6, 6.07) is 10.4. The van der Waals surface area contributed by atoms with Crippen LogP contribution in [-0.2, 0) is 4.74 Å². The van der Waals surface area contributed by atoms with Crippen LogP contribution in [0.3, 0.4) is 0 Å². The van der Waals surface area contributed by atoms with Gasteiger partial charge in [-0.05, 0) is 74.3 Å². The Balaban J connectivity index is 1.31. The zero-order valence-electron chi connectivity index (χ0n) is 19.7. The Hall–Kier alpha value is -3.42. The summed E-state index contributed by atoms with van der Waals surface area (Å²) in [6.07, 6.45) is 9.26. The fourth-order valence-corrected chi connectivity index (χ4v) is 6.06. The highest BCUT2D eigenvalue weighted by molar-refractivity contribution is 5.77. The Morgan fingerprint density at radius 2 is 2.09 bits per heavy atom. The van der Waals surface area contributed by atoms with Gasteiger partial charge in [0, 0.05) is 23.7 Å². The third-order valence-electron chi connectivity index (χ3n) is 7.59. The van der Waals surface area contributed by atoms with Crippen LogP contribution >= 0.6 is 0 Å². The Morgan fingerprint density at radius 1 is 1.20 bits per heavy atom. The zero-order chi connectivity index (χ0) is 24.4. The molecule has 6 atom stereocenters. The van der Waals surface area contributed by atoms with E-state index < -0.39 is 0 Å². The van der Waals surface area contributed by atoms with E-state index >= 15 is 0 Å². The van der Waals surface area contributed by atoms with Crippen molar-refractivity contribution in [3.63, 3.8) is 0 Å². The van der Waals surface area contributed by atoms with Crippen LogP contribution < -0.4 is 16.0 Å². The summed E-state index contributed by atoms with van der Waals surface area (Å²) in [6.45, 7) is 2.16. The standard InChI is InChI=1S/C27H31FN4O3/c1-2-35-27(34)30-21-9-10-22-18(13-21)14-24-25(32-26(33)31-24)23(22)11-8-20-7-6-17(15-29-20)16-4-3-5-19(28)12-16/h3-8,11-12,15,18,21-25H,2,9-10,13-14H2,1H3,(H,30,34)(H2,31,32,33)/b11-8+/t18-,21-,22+,23-,24-,25+/m0/s1. The van der Waals surface area contributed by atoms with Gasteiger partial charge in [-0.2, -0.15) is 0 Å². The molecule has 1 aromatic carbocycles. The van der Waals surface area contributed by atoms with Gasteiger partial charge in [0.2, 0.25) is 0 Å². The van der Waals surface area contributed by atoms with Gasteiger partial charge in [0.1, 0.15) is 5.82 Å². The van der Waals surface area contributed by atoms with Crippen molar-refractivity contribution < 1.29 is 18.7 Å². The number of carbonyl (C=O) groups is 2. The van der Waals surface area contributed by atoms with Crippen molar-refractivity contribution in [3.8, 4) is 11.1 Å². The zero-order valence-corrected chi connectivity index (χ0v) is 19.7. The highest BCUT2D eigenvalue weighted by Gasteiger charge is 2.49. The third-order valence-corrected chi connectivity index (χ3v) is 7.59. The Bertz CT molecular complexity index is 1110. The molecule has 2 saturated carbocycles. The molecule has 3 aliphatic rings. The SMILES string of the molecule is CCOC(=O)N[C@H]1CC[C@@H]2[C@@H](C1)C[C@@H]1NC(=O)N[C@@H]1[C@H]2/C=C/c1ccc(-c2cccc(F)c2)cn1. The summed E-state index contributed by atoms with van der Waals surface area (Å²) >= 11 is 0. The molecule has 0 spiro atoms. The number of amides is 3. The number of pyridine rings is 1. The number of hydrogen-bond acceptors (Lipinski definition) is 4. The first-order valence-electron chi connectivity index (χ1n) is 12.4. The number of nitrogens with one attached hydrogen (secondary N) is 3. The Kier molecular flexibility index (Phi) is 6.70. The number of urea groups is 1. The number of hydrogen-bond donors (Lipinski definition) is 3. The molecule has 1 aromatic heterocycles. The van der Waals surface area contributed by atoms with Crippen molar-refractivity contribution >= 4 is 18.2 Å². The van der Waals surface area contributed by atoms with Gasteiger partial charge in [0.15, 0.2) is 0 Å². The molecular weight excluding hydrogens is 447 g/mol. The molecule has 3 amide bonds. The maximum absolute atomic E-state index is 13.6. The second-order valence-electron chi connectivity index (χ2n) is 9.70. The molecule has 0 unspecified atom stereocenters. The smallest absolute Gasteiger partial charge is 0.407 e. The summed E-state index contributed by atoms with van der Waals surface area (Å²) in [5.74, 6) is 0.716. The lowest BCUT2D eigenvalue weighted by atomic mass is 9.61. The largest absolute Gasteiger partial charge is 0.450 e. The second kappa shape index (κ2) is 10.1. The summed E-state index contributed by atoms with van der Waals surface area (Å²) in [5.41, 5.74) is 2.47. The lowest BCUT2D eigenvalue weighted by Gasteiger charge is -2.47. The van der Waals surface area contributed by atoms with E-state index in [1.54, 1.807) is 19.2 Å². The van der Waals surface area contributed by atoms with E-state index in [2.05, 4.69) is 27.0 Å². The minimum Gasteiger partial charge on any atom is -0.450 e. The van der Waals surface area contributed by atoms with Crippen molar-refractivity contribution in [2.45, 2.75) is 50.7 Å². The van der Waals surface area contributed by atoms with Gasteiger partial charge in [-0.25, -0.2) is 14.0 Å². The van der Waals surface area contributed by atoms with E-state index in [9.17, 15) is 14.0 Å². The fraction of sp³-hybridized carbons (Fsp3) is 0.444. The van der Waals surface area contributed by atoms with Gasteiger partial charge in [-0.15, -0.1) is 0 Å². The van der Waals surface area contributed by atoms with Crippen LogP contribution in [0.2, 0.25) is 0 Å². The van der Waals surface area contributed by atoms with E-state index in [0.29, 0.717) is 18.4 Å². The summed E-state index contributed by atoms with van der Waals surface area (Å²) in [5, 5.41) is 9.21. The third kappa shape index (κ3) is 5.16. The van der Waals surface area contributed by atoms with Gasteiger partial charge < -0.3 is 20.7 Å². The van der Waals surface area contributed by atoms with Crippen molar-refractivity contribution in [3.05, 3.63) is 60.2 Å². The van der Waals surface area contributed by atoms with E-state index in [0.717, 1.165) is 42.5 Å². The van der Waals surface area contributed by atoms with Gasteiger partial charge in [0.05, 0.1) is 24.4 Å². The van der Waals surface area contributed by atoms with E-state index in [1.807, 2.05) is 24.3 Å². The average Bonchev–Trinajstić information content (AvgIpc) is 3.22. The minimum atomic E-state index is -0.357. The molecule has 1 saturated heterocycles. The van der Waals surface area contributed by atoms with Crippen LogP contribution in [0.5, 0.6) is 0 Å². The monoisotopic (exact) mass is 478 g/mol. The number of alkyl carbamates (subject to hydrolysis) is 1. The van der Waals surface area contributed by atoms with Gasteiger partial charge in [0.25, 0.3) is 0 Å². The molecule has 0 radical (unpaired) electrons. The van der Waals surface area contributed by atoms with Crippen molar-refractivity contribution in [2.75, 3.05) is 6.61 Å². The van der Waals surface area contributed by atoms with Crippen LogP contribution in [0.4, 0.5) is 14.0 Å². The maximum atomic E-state index is 13.6. The molecule has 1 aliphatic heterocycles. The molecule has 8 heteroatoms. The molecule has 0 bridgehead atoms. The van der Waals surface area contributed by atoms with Gasteiger partial charge in [-0.3, -0.25) is 4.98 Å². The molecular formula is C27H31FN4O3. The topological polar surface area (TPSA) is 92.4 Å². The number of benzene rings is 1. The molecule has 35 heavy (non-hydrogen) atoms. The first kappa shape index (κ1) is 23.3. The molecule has 5 rings (SSSR count). The van der Waals surface area contributed by atoms with E-state index in [1.165, 1.54) is 12.1 Å². The van der Waals surface area contributed by atoms with Crippen molar-refractivity contribution in [1.82, 2.24) is 20.9 Å². The molecule has 3 N–H and O–H groups in total. The summed E-state index contributed by atoms with van der Waals surface area (Å²) in [4.78, 5) is 28.6. The van der Waals surface area contributed by atoms with Crippen LogP contribution in [-0.4, -0.2) is 41.8 Å². The Morgan fingerprint density at radius 3 is 2.86 bits per heavy atom. The normalized spacial score (nSPS) is 29.6. The van der Waals surface area contributed by atoms with Crippen LogP contribution in [0, 0.1) is 23.6 Å². The number of carbonyl (C=O) groups excluding carboxylic acids is 2. The maximum Gasteiger partial charge on any atom is 0.407 e. The van der Waals surface area contributed by atoms with Crippen LogP contribution in [0.1, 0.15) is 38.3 Å². The minimum absolute atomic E-state index is 0.0427. The van der Waals surface area contributed by atoms with Crippen molar-refractivity contribution in [1.29, 1.82) is 0 Å². The Labute approximate surface area is 204 Å². The molecule has 2 heterocycles. The number of ether oxygens (including phenoxy) is 1. The van der Waals surface area contributed by atoms with E-state index in [4.69, 9.17) is 4.74 Å². The lowest BCUT2D eigenvalue weighted by Crippen LogP contribution is -2.53. The number of nitrogens with zero attached hydrogens (tertiary/aromatic N) is 1. The summed E-state index contributed by atoms with van der Waals surface area (Å²) < 4.78 is 18.6. The second-order valence-corrected chi connectivity index (χ2v) is 9.70. The van der Waals surface area contributed by atoms with Gasteiger partial charge >= 0.3 is 12.1 Å². The quantitative estimate of drug-likeness (QED) is 0.590. The molecule has 184 valence electrons. The number of halogens is 1. The summed E-state index contributed by atoms with van der Waals surface area (Å²) in [7, 11) is 0. The molecule has 2 aliphatic carbocycles. The van der Waals surface area contributed by atoms with Crippen molar-refractivity contribution in [2.24, 2.45) is 17.8 Å². The average molecular weight is 479 g/mol. The molecule has 7 nitrogen and oxygen atoms in total.